The third-order valence-electron chi connectivity index (χ3n) is 3.23. The Morgan fingerprint density at radius 2 is 2.26 bits per heavy atom. The minimum absolute atomic E-state index is 0.787. The molecule has 0 saturated heterocycles. The Morgan fingerprint density at radius 1 is 1.32 bits per heavy atom. The lowest BCUT2D eigenvalue weighted by atomic mass is 10.0. The quantitative estimate of drug-likeness (QED) is 0.916. The average molecular weight is 255 g/mol. The zero-order valence-corrected chi connectivity index (χ0v) is 11.0. The fourth-order valence-electron chi connectivity index (χ4n) is 2.37. The molecule has 2 heterocycles. The molecular formula is C15H17N3O. The molecule has 0 bridgehead atoms. The molecule has 0 amide bonds. The summed E-state index contributed by atoms with van der Waals surface area (Å²) in [5.41, 5.74) is 3.23. The molecule has 1 N–H and O–H groups in total. The standard InChI is InChI=1S/C15H17N3O/c1-2-16-14-9-13(17-10-18-14)12-7-3-5-11-6-4-8-19-15(11)12/h3,5,7,9-10H,2,4,6,8H2,1H3,(H,16,17,18). The number of nitrogens with zero attached hydrogens (tertiary/aromatic N) is 2. The van der Waals surface area contributed by atoms with Gasteiger partial charge in [-0.05, 0) is 31.4 Å². The van der Waals surface area contributed by atoms with Crippen molar-refractivity contribution in [2.45, 2.75) is 19.8 Å². The van der Waals surface area contributed by atoms with E-state index >= 15 is 0 Å². The van der Waals surface area contributed by atoms with Gasteiger partial charge in [-0.3, -0.25) is 0 Å². The van der Waals surface area contributed by atoms with Gasteiger partial charge in [0.15, 0.2) is 0 Å². The minimum atomic E-state index is 0.787. The first-order valence-corrected chi connectivity index (χ1v) is 6.69. The maximum absolute atomic E-state index is 5.83. The third kappa shape index (κ3) is 2.38. The predicted octanol–water partition coefficient (Wildman–Crippen LogP) is 2.90. The fraction of sp³-hybridized carbons (Fsp3) is 0.333. The molecule has 3 rings (SSSR count). The van der Waals surface area contributed by atoms with Gasteiger partial charge in [-0.2, -0.15) is 0 Å². The minimum Gasteiger partial charge on any atom is -0.493 e. The summed E-state index contributed by atoms with van der Waals surface area (Å²) in [6.07, 6.45) is 3.76. The molecule has 2 aromatic rings. The van der Waals surface area contributed by atoms with E-state index in [1.807, 2.05) is 6.07 Å². The normalized spacial score (nSPS) is 13.5. The van der Waals surface area contributed by atoms with Gasteiger partial charge in [-0.25, -0.2) is 9.97 Å². The van der Waals surface area contributed by atoms with Crippen LogP contribution in [-0.2, 0) is 6.42 Å². The van der Waals surface area contributed by atoms with Crippen molar-refractivity contribution < 1.29 is 4.74 Å². The molecule has 4 nitrogen and oxygen atoms in total. The Balaban J connectivity index is 2.04. The Bertz CT molecular complexity index is 583. The maximum atomic E-state index is 5.83. The number of hydrogen-bond acceptors (Lipinski definition) is 4. The van der Waals surface area contributed by atoms with Crippen LogP contribution in [0.2, 0.25) is 0 Å². The van der Waals surface area contributed by atoms with E-state index in [1.54, 1.807) is 6.33 Å². The van der Waals surface area contributed by atoms with Crippen LogP contribution in [-0.4, -0.2) is 23.1 Å². The molecule has 0 unspecified atom stereocenters. The molecule has 1 aliphatic rings. The van der Waals surface area contributed by atoms with Gasteiger partial charge in [0, 0.05) is 18.2 Å². The van der Waals surface area contributed by atoms with Gasteiger partial charge < -0.3 is 10.1 Å². The fourth-order valence-corrected chi connectivity index (χ4v) is 2.37. The largest absolute Gasteiger partial charge is 0.493 e. The smallest absolute Gasteiger partial charge is 0.131 e. The number of ether oxygens (including phenoxy) is 1. The van der Waals surface area contributed by atoms with Crippen molar-refractivity contribution >= 4 is 5.82 Å². The highest BCUT2D eigenvalue weighted by molar-refractivity contribution is 5.71. The molecule has 0 aliphatic carbocycles. The number of para-hydroxylation sites is 1. The Labute approximate surface area is 112 Å². The summed E-state index contributed by atoms with van der Waals surface area (Å²) < 4.78 is 5.83. The number of hydrogen-bond donors (Lipinski definition) is 1. The lowest BCUT2D eigenvalue weighted by Gasteiger charge is -2.20. The zero-order chi connectivity index (χ0) is 13.1. The van der Waals surface area contributed by atoms with Crippen molar-refractivity contribution in [2.24, 2.45) is 0 Å². The first kappa shape index (κ1) is 12.0. The van der Waals surface area contributed by atoms with Crippen molar-refractivity contribution in [1.29, 1.82) is 0 Å². The number of anilines is 1. The van der Waals surface area contributed by atoms with Crippen LogP contribution in [0.4, 0.5) is 5.82 Å². The van der Waals surface area contributed by atoms with E-state index in [2.05, 4.69) is 40.4 Å². The highest BCUT2D eigenvalue weighted by Gasteiger charge is 2.16. The summed E-state index contributed by atoms with van der Waals surface area (Å²) in [4.78, 5) is 8.57. The second-order valence-electron chi connectivity index (χ2n) is 4.56. The summed E-state index contributed by atoms with van der Waals surface area (Å²) >= 11 is 0. The molecule has 4 heteroatoms. The molecular weight excluding hydrogens is 238 g/mol. The SMILES string of the molecule is CCNc1cc(-c2cccc3c2OCCC3)ncn1. The highest BCUT2D eigenvalue weighted by Crippen LogP contribution is 2.35. The van der Waals surface area contributed by atoms with Crippen molar-refractivity contribution in [2.75, 3.05) is 18.5 Å². The van der Waals surface area contributed by atoms with Crippen LogP contribution >= 0.6 is 0 Å². The number of aryl methyl sites for hydroxylation is 1. The summed E-state index contributed by atoms with van der Waals surface area (Å²) in [6, 6.07) is 8.22. The Morgan fingerprint density at radius 3 is 3.16 bits per heavy atom. The molecule has 0 radical (unpaired) electrons. The van der Waals surface area contributed by atoms with Gasteiger partial charge in [-0.15, -0.1) is 0 Å². The lowest BCUT2D eigenvalue weighted by Crippen LogP contribution is -2.09. The molecule has 98 valence electrons. The van der Waals surface area contributed by atoms with Crippen LogP contribution in [0, 0.1) is 0 Å². The number of benzene rings is 1. The van der Waals surface area contributed by atoms with E-state index in [-0.39, 0.29) is 0 Å². The first-order chi connectivity index (χ1) is 9.38. The number of rotatable bonds is 3. The molecule has 1 aromatic heterocycles. The van der Waals surface area contributed by atoms with Crippen LogP contribution in [0.5, 0.6) is 5.75 Å². The monoisotopic (exact) mass is 255 g/mol. The summed E-state index contributed by atoms with van der Waals surface area (Å²) in [7, 11) is 0. The summed E-state index contributed by atoms with van der Waals surface area (Å²) in [6.45, 7) is 3.68. The Hall–Kier alpha value is -2.10. The molecule has 19 heavy (non-hydrogen) atoms. The van der Waals surface area contributed by atoms with Gasteiger partial charge >= 0.3 is 0 Å². The zero-order valence-electron chi connectivity index (χ0n) is 11.0. The van der Waals surface area contributed by atoms with E-state index in [1.165, 1.54) is 5.56 Å². The molecule has 1 aromatic carbocycles. The average Bonchev–Trinajstić information content (AvgIpc) is 2.47. The van der Waals surface area contributed by atoms with Crippen LogP contribution in [0.1, 0.15) is 18.9 Å². The van der Waals surface area contributed by atoms with E-state index in [0.29, 0.717) is 0 Å². The summed E-state index contributed by atoms with van der Waals surface area (Å²) in [5.74, 6) is 1.83. The van der Waals surface area contributed by atoms with Crippen LogP contribution in [0.3, 0.4) is 0 Å². The number of nitrogens with one attached hydrogen (secondary N) is 1. The molecule has 0 spiro atoms. The lowest BCUT2D eigenvalue weighted by molar-refractivity contribution is 0.289. The van der Waals surface area contributed by atoms with Gasteiger partial charge in [0.25, 0.3) is 0 Å². The van der Waals surface area contributed by atoms with Gasteiger partial charge in [0.05, 0.1) is 12.3 Å². The van der Waals surface area contributed by atoms with E-state index < -0.39 is 0 Å². The number of fused-ring (bicyclic) bond motifs is 1. The van der Waals surface area contributed by atoms with Crippen LogP contribution in [0.25, 0.3) is 11.3 Å². The molecule has 0 saturated carbocycles. The third-order valence-corrected chi connectivity index (χ3v) is 3.23. The Kier molecular flexibility index (Phi) is 3.31. The topological polar surface area (TPSA) is 47.0 Å². The number of aromatic nitrogens is 2. The van der Waals surface area contributed by atoms with Gasteiger partial charge in [0.1, 0.15) is 17.9 Å². The van der Waals surface area contributed by atoms with Crippen LogP contribution < -0.4 is 10.1 Å². The van der Waals surface area contributed by atoms with Crippen molar-refractivity contribution in [1.82, 2.24) is 9.97 Å². The van der Waals surface area contributed by atoms with Gasteiger partial charge in [0.2, 0.25) is 0 Å². The second-order valence-corrected chi connectivity index (χ2v) is 4.56. The van der Waals surface area contributed by atoms with Gasteiger partial charge in [-0.1, -0.05) is 12.1 Å². The van der Waals surface area contributed by atoms with Crippen LogP contribution in [0.15, 0.2) is 30.6 Å². The summed E-state index contributed by atoms with van der Waals surface area (Å²) in [5, 5.41) is 3.21. The molecule has 0 atom stereocenters. The van der Waals surface area contributed by atoms with Crippen molar-refractivity contribution in [3.63, 3.8) is 0 Å². The van der Waals surface area contributed by atoms with E-state index in [4.69, 9.17) is 4.74 Å². The maximum Gasteiger partial charge on any atom is 0.131 e. The van der Waals surface area contributed by atoms with E-state index in [0.717, 1.165) is 48.8 Å². The molecule has 1 aliphatic heterocycles. The first-order valence-electron chi connectivity index (χ1n) is 6.69. The second kappa shape index (κ2) is 5.26. The highest BCUT2D eigenvalue weighted by atomic mass is 16.5. The molecule has 0 fully saturated rings. The van der Waals surface area contributed by atoms with Crippen molar-refractivity contribution in [3.8, 4) is 17.0 Å². The van der Waals surface area contributed by atoms with Crippen molar-refractivity contribution in [3.05, 3.63) is 36.2 Å². The predicted molar refractivity (Wildman–Crippen MR) is 75.4 cm³/mol. The van der Waals surface area contributed by atoms with E-state index in [9.17, 15) is 0 Å².